The first-order valence-corrected chi connectivity index (χ1v) is 8.37. The van der Waals surface area contributed by atoms with Gasteiger partial charge in [0.2, 0.25) is 0 Å². The van der Waals surface area contributed by atoms with Crippen LogP contribution in [0.5, 0.6) is 0 Å². The molecule has 3 rings (SSSR count). The molecule has 0 radical (unpaired) electrons. The molecule has 0 aliphatic carbocycles. The van der Waals surface area contributed by atoms with Gasteiger partial charge in [0.05, 0.1) is 0 Å². The van der Waals surface area contributed by atoms with Crippen molar-refractivity contribution in [1.82, 2.24) is 4.90 Å². The van der Waals surface area contributed by atoms with Gasteiger partial charge in [-0.05, 0) is 43.0 Å². The Morgan fingerprint density at radius 1 is 1.10 bits per heavy atom. The molecule has 21 heavy (non-hydrogen) atoms. The lowest BCUT2D eigenvalue weighted by molar-refractivity contribution is 0.271. The standard InChI is InChI=1S/C18H27N3/c1-3-20-10-12-21(13-11-20)17-7-5-16(6-8-17)18-9-4-15(2)14-19-18/h5-8,15H,3-4,9-14H2,1-2H3. The van der Waals surface area contributed by atoms with E-state index in [2.05, 4.69) is 47.9 Å². The van der Waals surface area contributed by atoms with Gasteiger partial charge in [0.15, 0.2) is 0 Å². The highest BCUT2D eigenvalue weighted by Crippen LogP contribution is 2.21. The van der Waals surface area contributed by atoms with Crippen molar-refractivity contribution in [3.05, 3.63) is 29.8 Å². The Bertz CT molecular complexity index is 484. The normalized spacial score (nSPS) is 24.0. The number of hydrogen-bond donors (Lipinski definition) is 0. The molecule has 1 aromatic carbocycles. The average molecular weight is 285 g/mol. The van der Waals surface area contributed by atoms with E-state index in [1.807, 2.05) is 0 Å². The molecule has 2 aliphatic heterocycles. The van der Waals surface area contributed by atoms with Gasteiger partial charge < -0.3 is 9.80 Å². The van der Waals surface area contributed by atoms with Crippen molar-refractivity contribution < 1.29 is 0 Å². The molecule has 0 spiro atoms. The molecule has 0 bridgehead atoms. The first kappa shape index (κ1) is 14.6. The number of rotatable bonds is 3. The van der Waals surface area contributed by atoms with Crippen LogP contribution in [0.4, 0.5) is 5.69 Å². The van der Waals surface area contributed by atoms with Gasteiger partial charge in [0.25, 0.3) is 0 Å². The summed E-state index contributed by atoms with van der Waals surface area (Å²) in [5.74, 6) is 0.753. The maximum atomic E-state index is 4.74. The monoisotopic (exact) mass is 285 g/mol. The molecular formula is C18H27N3. The molecular weight excluding hydrogens is 258 g/mol. The Labute approximate surface area is 128 Å². The van der Waals surface area contributed by atoms with Crippen LogP contribution in [0.1, 0.15) is 32.3 Å². The molecule has 0 amide bonds. The van der Waals surface area contributed by atoms with E-state index >= 15 is 0 Å². The number of hydrogen-bond acceptors (Lipinski definition) is 3. The molecule has 1 fully saturated rings. The van der Waals surface area contributed by atoms with Crippen molar-refractivity contribution in [3.8, 4) is 0 Å². The Kier molecular flexibility index (Phi) is 4.59. The Morgan fingerprint density at radius 3 is 2.38 bits per heavy atom. The molecule has 1 aromatic rings. The zero-order valence-electron chi connectivity index (χ0n) is 13.4. The highest BCUT2D eigenvalue weighted by atomic mass is 15.3. The maximum Gasteiger partial charge on any atom is 0.0420 e. The van der Waals surface area contributed by atoms with E-state index < -0.39 is 0 Å². The Hall–Kier alpha value is -1.35. The second kappa shape index (κ2) is 6.61. The molecule has 2 heterocycles. The minimum atomic E-state index is 0.753. The van der Waals surface area contributed by atoms with Crippen LogP contribution in [-0.2, 0) is 0 Å². The van der Waals surface area contributed by atoms with E-state index in [0.29, 0.717) is 0 Å². The summed E-state index contributed by atoms with van der Waals surface area (Å²) in [4.78, 5) is 9.76. The number of piperazine rings is 1. The number of anilines is 1. The predicted octanol–water partition coefficient (Wildman–Crippen LogP) is 3.05. The van der Waals surface area contributed by atoms with Crippen LogP contribution in [0, 0.1) is 5.92 Å². The van der Waals surface area contributed by atoms with Crippen molar-refractivity contribution in [2.45, 2.75) is 26.7 Å². The molecule has 1 unspecified atom stereocenters. The summed E-state index contributed by atoms with van der Waals surface area (Å²) in [6, 6.07) is 9.07. The summed E-state index contributed by atoms with van der Waals surface area (Å²) in [5.41, 5.74) is 3.98. The van der Waals surface area contributed by atoms with Gasteiger partial charge in [0, 0.05) is 44.1 Å². The summed E-state index contributed by atoms with van der Waals surface area (Å²) in [7, 11) is 0. The Balaban J connectivity index is 1.65. The average Bonchev–Trinajstić information content (AvgIpc) is 2.56. The number of likely N-dealkylation sites (N-methyl/N-ethyl adjacent to an activating group) is 1. The summed E-state index contributed by atoms with van der Waals surface area (Å²) < 4.78 is 0. The van der Waals surface area contributed by atoms with Crippen LogP contribution in [0.3, 0.4) is 0 Å². The van der Waals surface area contributed by atoms with Gasteiger partial charge in [-0.15, -0.1) is 0 Å². The second-order valence-corrected chi connectivity index (χ2v) is 6.40. The zero-order chi connectivity index (χ0) is 14.7. The molecule has 0 N–H and O–H groups in total. The van der Waals surface area contributed by atoms with E-state index in [-0.39, 0.29) is 0 Å². The SMILES string of the molecule is CCN1CCN(c2ccc(C3=NCC(C)CC3)cc2)CC1. The molecule has 3 heteroatoms. The van der Waals surface area contributed by atoms with Crippen molar-refractivity contribution in [2.24, 2.45) is 10.9 Å². The summed E-state index contributed by atoms with van der Waals surface area (Å²) in [6.45, 7) is 11.4. The van der Waals surface area contributed by atoms with Gasteiger partial charge in [-0.2, -0.15) is 0 Å². The third-order valence-corrected chi connectivity index (χ3v) is 4.85. The van der Waals surface area contributed by atoms with Crippen molar-refractivity contribution in [3.63, 3.8) is 0 Å². The van der Waals surface area contributed by atoms with Crippen LogP contribution in [0.2, 0.25) is 0 Å². The molecule has 3 nitrogen and oxygen atoms in total. The molecule has 1 saturated heterocycles. The topological polar surface area (TPSA) is 18.8 Å². The van der Waals surface area contributed by atoms with Crippen LogP contribution in [0.25, 0.3) is 0 Å². The fourth-order valence-corrected chi connectivity index (χ4v) is 3.24. The quantitative estimate of drug-likeness (QED) is 0.850. The van der Waals surface area contributed by atoms with E-state index in [9.17, 15) is 0 Å². The van der Waals surface area contributed by atoms with Crippen LogP contribution < -0.4 is 4.90 Å². The summed E-state index contributed by atoms with van der Waals surface area (Å²) in [5, 5.41) is 0. The van der Waals surface area contributed by atoms with E-state index in [1.165, 1.54) is 43.0 Å². The van der Waals surface area contributed by atoms with Crippen LogP contribution >= 0.6 is 0 Å². The van der Waals surface area contributed by atoms with Crippen molar-refractivity contribution in [2.75, 3.05) is 44.2 Å². The second-order valence-electron chi connectivity index (χ2n) is 6.40. The lowest BCUT2D eigenvalue weighted by Crippen LogP contribution is -2.46. The van der Waals surface area contributed by atoms with E-state index in [0.717, 1.165) is 32.0 Å². The van der Waals surface area contributed by atoms with Crippen molar-refractivity contribution >= 4 is 11.4 Å². The fraction of sp³-hybridized carbons (Fsp3) is 0.611. The van der Waals surface area contributed by atoms with Gasteiger partial charge in [-0.25, -0.2) is 0 Å². The minimum Gasteiger partial charge on any atom is -0.369 e. The van der Waals surface area contributed by atoms with Crippen molar-refractivity contribution in [1.29, 1.82) is 0 Å². The summed E-state index contributed by atoms with van der Waals surface area (Å²) >= 11 is 0. The third-order valence-electron chi connectivity index (χ3n) is 4.85. The highest BCUT2D eigenvalue weighted by Gasteiger charge is 2.17. The molecule has 2 aliphatic rings. The molecule has 1 atom stereocenters. The van der Waals surface area contributed by atoms with E-state index in [1.54, 1.807) is 0 Å². The Morgan fingerprint density at radius 2 is 1.81 bits per heavy atom. The zero-order valence-corrected chi connectivity index (χ0v) is 13.4. The number of benzene rings is 1. The van der Waals surface area contributed by atoms with Gasteiger partial charge >= 0.3 is 0 Å². The number of nitrogens with zero attached hydrogens (tertiary/aromatic N) is 3. The maximum absolute atomic E-state index is 4.74. The minimum absolute atomic E-state index is 0.753. The third kappa shape index (κ3) is 3.46. The van der Waals surface area contributed by atoms with Gasteiger partial charge in [-0.1, -0.05) is 26.0 Å². The van der Waals surface area contributed by atoms with E-state index in [4.69, 9.17) is 4.99 Å². The predicted molar refractivity (Wildman–Crippen MR) is 90.6 cm³/mol. The lowest BCUT2D eigenvalue weighted by Gasteiger charge is -2.35. The van der Waals surface area contributed by atoms with Crippen LogP contribution in [0.15, 0.2) is 29.3 Å². The molecule has 114 valence electrons. The largest absolute Gasteiger partial charge is 0.369 e. The number of aliphatic imine (C=N–C) groups is 1. The smallest absolute Gasteiger partial charge is 0.0420 e. The first-order chi connectivity index (χ1) is 10.3. The lowest BCUT2D eigenvalue weighted by atomic mass is 9.96. The summed E-state index contributed by atoms with van der Waals surface area (Å²) in [6.07, 6.45) is 2.41. The fourth-order valence-electron chi connectivity index (χ4n) is 3.24. The van der Waals surface area contributed by atoms with Gasteiger partial charge in [0.1, 0.15) is 0 Å². The highest BCUT2D eigenvalue weighted by molar-refractivity contribution is 6.01. The molecule has 0 saturated carbocycles. The van der Waals surface area contributed by atoms with Gasteiger partial charge in [-0.3, -0.25) is 4.99 Å². The molecule has 0 aromatic heterocycles. The van der Waals surface area contributed by atoms with Crippen LogP contribution in [-0.4, -0.2) is 49.9 Å². The first-order valence-electron chi connectivity index (χ1n) is 8.37.